The summed E-state index contributed by atoms with van der Waals surface area (Å²) in [5.41, 5.74) is 1.40. The molecule has 0 aliphatic rings. The molecule has 0 radical (unpaired) electrons. The summed E-state index contributed by atoms with van der Waals surface area (Å²) in [5, 5.41) is 0. The van der Waals surface area contributed by atoms with E-state index in [-0.39, 0.29) is 5.82 Å². The molecule has 1 heterocycles. The number of halogens is 1. The number of aryl methyl sites for hydroxylation is 1. The van der Waals surface area contributed by atoms with Crippen LogP contribution in [0.4, 0.5) is 4.39 Å². The normalized spacial score (nSPS) is 10.4. The molecule has 1 aromatic carbocycles. The highest BCUT2D eigenvalue weighted by molar-refractivity contribution is 7.71. The standard InChI is InChI=1S/C12H11FN2S/c1-2-8-7-11(16)15-12(14-8)9-5-3-4-6-10(9)13/h3-7H,2H2,1H3,(H,14,15,16). The van der Waals surface area contributed by atoms with Crippen molar-refractivity contribution in [1.29, 1.82) is 0 Å². The zero-order valence-electron chi connectivity index (χ0n) is 8.83. The van der Waals surface area contributed by atoms with Gasteiger partial charge in [0.2, 0.25) is 0 Å². The Morgan fingerprint density at radius 3 is 2.81 bits per heavy atom. The van der Waals surface area contributed by atoms with E-state index in [9.17, 15) is 4.39 Å². The second-order valence-corrected chi connectivity index (χ2v) is 3.84. The third-order valence-corrected chi connectivity index (χ3v) is 2.52. The molecule has 0 bridgehead atoms. The summed E-state index contributed by atoms with van der Waals surface area (Å²) < 4.78 is 14.0. The highest BCUT2D eigenvalue weighted by Gasteiger charge is 2.06. The van der Waals surface area contributed by atoms with Gasteiger partial charge in [0.15, 0.2) is 0 Å². The molecule has 2 nitrogen and oxygen atoms in total. The molecule has 1 aromatic heterocycles. The van der Waals surface area contributed by atoms with Crippen molar-refractivity contribution >= 4 is 12.2 Å². The maximum absolute atomic E-state index is 13.5. The van der Waals surface area contributed by atoms with Crippen molar-refractivity contribution in [1.82, 2.24) is 9.97 Å². The number of benzene rings is 1. The van der Waals surface area contributed by atoms with E-state index >= 15 is 0 Å². The molecule has 2 aromatic rings. The first-order chi connectivity index (χ1) is 7.70. The van der Waals surface area contributed by atoms with Crippen LogP contribution in [0, 0.1) is 10.5 Å². The molecule has 0 atom stereocenters. The van der Waals surface area contributed by atoms with Gasteiger partial charge in [0, 0.05) is 5.69 Å². The number of rotatable bonds is 2. The molecule has 0 fully saturated rings. The van der Waals surface area contributed by atoms with Gasteiger partial charge in [-0.25, -0.2) is 9.37 Å². The largest absolute Gasteiger partial charge is 0.343 e. The number of aromatic nitrogens is 2. The van der Waals surface area contributed by atoms with Crippen LogP contribution in [-0.2, 0) is 6.42 Å². The van der Waals surface area contributed by atoms with Gasteiger partial charge in [-0.2, -0.15) is 0 Å². The third kappa shape index (κ3) is 2.17. The van der Waals surface area contributed by atoms with E-state index in [0.29, 0.717) is 16.0 Å². The van der Waals surface area contributed by atoms with Crippen molar-refractivity contribution < 1.29 is 4.39 Å². The maximum atomic E-state index is 13.5. The maximum Gasteiger partial charge on any atom is 0.142 e. The third-order valence-electron chi connectivity index (χ3n) is 2.31. The zero-order valence-corrected chi connectivity index (χ0v) is 9.64. The van der Waals surface area contributed by atoms with Gasteiger partial charge in [-0.05, 0) is 24.6 Å². The lowest BCUT2D eigenvalue weighted by Crippen LogP contribution is -1.96. The van der Waals surface area contributed by atoms with Gasteiger partial charge in [-0.1, -0.05) is 31.3 Å². The van der Waals surface area contributed by atoms with E-state index in [1.165, 1.54) is 6.07 Å². The summed E-state index contributed by atoms with van der Waals surface area (Å²) in [6, 6.07) is 8.31. The summed E-state index contributed by atoms with van der Waals surface area (Å²) in [6.07, 6.45) is 0.813. The Bertz CT molecular complexity index is 563. The number of nitrogens with one attached hydrogen (secondary N) is 1. The molecule has 2 rings (SSSR count). The number of nitrogens with zero attached hydrogens (tertiary/aromatic N) is 1. The fraction of sp³-hybridized carbons (Fsp3) is 0.167. The Kier molecular flexibility index (Phi) is 3.10. The quantitative estimate of drug-likeness (QED) is 0.805. The number of hydrogen-bond acceptors (Lipinski definition) is 2. The van der Waals surface area contributed by atoms with Crippen molar-refractivity contribution in [2.75, 3.05) is 0 Å². The van der Waals surface area contributed by atoms with Gasteiger partial charge in [0.25, 0.3) is 0 Å². The summed E-state index contributed by atoms with van der Waals surface area (Å²) in [6.45, 7) is 2.01. The lowest BCUT2D eigenvalue weighted by atomic mass is 10.2. The van der Waals surface area contributed by atoms with Gasteiger partial charge in [-0.15, -0.1) is 0 Å². The first-order valence-electron chi connectivity index (χ1n) is 5.06. The molecular weight excluding hydrogens is 223 g/mol. The Morgan fingerprint density at radius 2 is 2.12 bits per heavy atom. The minimum absolute atomic E-state index is 0.297. The van der Waals surface area contributed by atoms with E-state index in [1.807, 2.05) is 6.92 Å². The second kappa shape index (κ2) is 4.53. The number of hydrogen-bond donors (Lipinski definition) is 1. The molecule has 82 valence electrons. The van der Waals surface area contributed by atoms with E-state index in [1.54, 1.807) is 24.3 Å². The molecule has 0 aliphatic heterocycles. The summed E-state index contributed by atoms with van der Waals surface area (Å²) >= 11 is 5.04. The van der Waals surface area contributed by atoms with Gasteiger partial charge < -0.3 is 4.98 Å². The summed E-state index contributed by atoms with van der Waals surface area (Å²) in [5.74, 6) is 0.191. The van der Waals surface area contributed by atoms with Crippen LogP contribution in [0.5, 0.6) is 0 Å². The van der Waals surface area contributed by atoms with Crippen LogP contribution in [0.15, 0.2) is 30.3 Å². The molecule has 0 amide bonds. The van der Waals surface area contributed by atoms with Crippen molar-refractivity contribution in [3.63, 3.8) is 0 Å². The summed E-state index contributed by atoms with van der Waals surface area (Å²) in [4.78, 5) is 7.21. The molecule has 0 spiro atoms. The van der Waals surface area contributed by atoms with Crippen LogP contribution in [0.1, 0.15) is 12.6 Å². The SMILES string of the molecule is CCc1cc(=S)nc(-c2ccccc2F)[nH]1. The van der Waals surface area contributed by atoms with Crippen molar-refractivity contribution in [2.24, 2.45) is 0 Å². The molecule has 16 heavy (non-hydrogen) atoms. The van der Waals surface area contributed by atoms with Crippen LogP contribution in [0.2, 0.25) is 0 Å². The molecule has 0 saturated heterocycles. The minimum atomic E-state index is -0.297. The fourth-order valence-corrected chi connectivity index (χ4v) is 1.71. The van der Waals surface area contributed by atoms with Gasteiger partial charge >= 0.3 is 0 Å². The van der Waals surface area contributed by atoms with E-state index in [4.69, 9.17) is 12.2 Å². The van der Waals surface area contributed by atoms with E-state index < -0.39 is 0 Å². The highest BCUT2D eigenvalue weighted by Crippen LogP contribution is 2.18. The first kappa shape index (κ1) is 11.0. The number of H-pyrrole nitrogens is 1. The smallest absolute Gasteiger partial charge is 0.142 e. The van der Waals surface area contributed by atoms with E-state index in [0.717, 1.165) is 12.1 Å². The minimum Gasteiger partial charge on any atom is -0.343 e. The van der Waals surface area contributed by atoms with Gasteiger partial charge in [0.05, 0.1) is 5.56 Å². The Morgan fingerprint density at radius 1 is 1.38 bits per heavy atom. The Hall–Kier alpha value is -1.55. The van der Waals surface area contributed by atoms with Crippen LogP contribution >= 0.6 is 12.2 Å². The van der Waals surface area contributed by atoms with Crippen molar-refractivity contribution in [3.05, 3.63) is 46.5 Å². The van der Waals surface area contributed by atoms with Crippen molar-refractivity contribution in [2.45, 2.75) is 13.3 Å². The molecule has 0 aliphatic carbocycles. The molecule has 1 N–H and O–H groups in total. The van der Waals surface area contributed by atoms with Gasteiger partial charge in [0.1, 0.15) is 16.3 Å². The first-order valence-corrected chi connectivity index (χ1v) is 5.46. The van der Waals surface area contributed by atoms with Crippen LogP contribution in [0.25, 0.3) is 11.4 Å². The predicted molar refractivity (Wildman–Crippen MR) is 64.2 cm³/mol. The lowest BCUT2D eigenvalue weighted by Gasteiger charge is -2.05. The van der Waals surface area contributed by atoms with Crippen LogP contribution in [-0.4, -0.2) is 9.97 Å². The Balaban J connectivity index is 2.60. The number of aromatic amines is 1. The predicted octanol–water partition coefficient (Wildman–Crippen LogP) is 3.51. The lowest BCUT2D eigenvalue weighted by molar-refractivity contribution is 0.629. The van der Waals surface area contributed by atoms with E-state index in [2.05, 4.69) is 9.97 Å². The van der Waals surface area contributed by atoms with Crippen molar-refractivity contribution in [3.8, 4) is 11.4 Å². The molecule has 4 heteroatoms. The zero-order chi connectivity index (χ0) is 11.5. The molecular formula is C12H11FN2S. The monoisotopic (exact) mass is 234 g/mol. The van der Waals surface area contributed by atoms with Crippen LogP contribution in [0.3, 0.4) is 0 Å². The van der Waals surface area contributed by atoms with Gasteiger partial charge in [-0.3, -0.25) is 0 Å². The fourth-order valence-electron chi connectivity index (χ4n) is 1.48. The average molecular weight is 234 g/mol. The van der Waals surface area contributed by atoms with Crippen LogP contribution < -0.4 is 0 Å². The summed E-state index contributed by atoms with van der Waals surface area (Å²) in [7, 11) is 0. The average Bonchev–Trinajstić information content (AvgIpc) is 2.28. The molecule has 0 unspecified atom stereocenters. The highest BCUT2D eigenvalue weighted by atomic mass is 32.1. The second-order valence-electron chi connectivity index (χ2n) is 3.43. The molecule has 0 saturated carbocycles. The Labute approximate surface area is 98.2 Å². The topological polar surface area (TPSA) is 28.7 Å².